The Hall–Kier alpha value is -2.62. The molecule has 2 aromatic rings. The molecule has 0 aliphatic rings. The van der Waals surface area contributed by atoms with Crippen LogP contribution in [-0.2, 0) is 0 Å². The quantitative estimate of drug-likeness (QED) is 0.855. The van der Waals surface area contributed by atoms with Crippen LogP contribution in [0.15, 0.2) is 66.6 Å². The number of hydrogen-bond acceptors (Lipinski definition) is 3. The van der Waals surface area contributed by atoms with Gasteiger partial charge >= 0.3 is 0 Å². The normalized spacial score (nSPS) is 13.8. The first-order valence-electron chi connectivity index (χ1n) is 6.86. The topological polar surface area (TPSA) is 42.2 Å². The number of nitrogens with one attached hydrogen (secondary N) is 1. The van der Waals surface area contributed by atoms with E-state index in [0.29, 0.717) is 0 Å². The third-order valence-corrected chi connectivity index (χ3v) is 3.06. The van der Waals surface area contributed by atoms with Crippen molar-refractivity contribution in [1.82, 2.24) is 14.9 Å². The smallest absolute Gasteiger partial charge is 0.151 e. The summed E-state index contributed by atoms with van der Waals surface area (Å²) < 4.78 is 1.97. The van der Waals surface area contributed by atoms with Crippen LogP contribution in [-0.4, -0.2) is 22.6 Å². The molecule has 0 aliphatic carbocycles. The van der Waals surface area contributed by atoms with Crippen LogP contribution in [0.5, 0.6) is 0 Å². The van der Waals surface area contributed by atoms with Gasteiger partial charge in [0.15, 0.2) is 5.49 Å². The van der Waals surface area contributed by atoms with Crippen LogP contribution in [0.1, 0.15) is 12.5 Å². The summed E-state index contributed by atoms with van der Waals surface area (Å²) in [4.78, 5) is 8.38. The highest BCUT2D eigenvalue weighted by Crippen LogP contribution is 2.08. The molecule has 4 nitrogen and oxygen atoms in total. The number of aromatic nitrogens is 2. The summed E-state index contributed by atoms with van der Waals surface area (Å²) in [7, 11) is 1.75. The molecule has 0 bridgehead atoms. The minimum atomic E-state index is 0.144. The van der Waals surface area contributed by atoms with Crippen LogP contribution in [0.4, 0.5) is 0 Å². The van der Waals surface area contributed by atoms with E-state index in [0.717, 1.165) is 16.9 Å². The maximum atomic E-state index is 4.26. The molecule has 0 amide bonds. The minimum absolute atomic E-state index is 0.144. The number of rotatable bonds is 5. The Balaban J connectivity index is 2.51. The van der Waals surface area contributed by atoms with Crippen LogP contribution in [0.25, 0.3) is 11.9 Å². The monoisotopic (exact) mass is 280 g/mol. The van der Waals surface area contributed by atoms with Crippen molar-refractivity contribution in [2.75, 3.05) is 7.05 Å². The second-order valence-electron chi connectivity index (χ2n) is 4.64. The van der Waals surface area contributed by atoms with E-state index in [1.54, 1.807) is 19.4 Å². The molecule has 0 fully saturated rings. The van der Waals surface area contributed by atoms with Gasteiger partial charge in [0.2, 0.25) is 0 Å². The van der Waals surface area contributed by atoms with Crippen LogP contribution >= 0.6 is 0 Å². The standard InChI is InChI=1S/C17H20N4/c1-4-14(2)20-16(12-15-8-6-5-7-9-15)21-11-10-19-13-17(21)18-3/h4-14,20H,1H2,2-3H3/b16-12+,18-17?. The summed E-state index contributed by atoms with van der Waals surface area (Å²) in [6.45, 7) is 5.87. The zero-order valence-electron chi connectivity index (χ0n) is 12.4. The van der Waals surface area contributed by atoms with Gasteiger partial charge in [-0.15, -0.1) is 6.58 Å². The molecule has 0 aliphatic heterocycles. The fraction of sp³-hybridized carbons (Fsp3) is 0.176. The van der Waals surface area contributed by atoms with E-state index >= 15 is 0 Å². The van der Waals surface area contributed by atoms with Crippen LogP contribution in [0.3, 0.4) is 0 Å². The number of benzene rings is 1. The maximum Gasteiger partial charge on any atom is 0.151 e. The molecule has 0 saturated heterocycles. The first kappa shape index (κ1) is 14.8. The molecule has 0 saturated carbocycles. The Morgan fingerprint density at radius 1 is 1.38 bits per heavy atom. The third-order valence-electron chi connectivity index (χ3n) is 3.06. The third kappa shape index (κ3) is 3.92. The Bertz CT molecular complexity index is 683. The summed E-state index contributed by atoms with van der Waals surface area (Å²) >= 11 is 0. The van der Waals surface area contributed by atoms with E-state index in [1.165, 1.54) is 0 Å². The van der Waals surface area contributed by atoms with Crippen molar-refractivity contribution in [2.24, 2.45) is 4.99 Å². The van der Waals surface area contributed by atoms with Crippen molar-refractivity contribution < 1.29 is 0 Å². The first-order valence-corrected chi connectivity index (χ1v) is 6.86. The molecule has 0 spiro atoms. The predicted molar refractivity (Wildman–Crippen MR) is 87.1 cm³/mol. The highest BCUT2D eigenvalue weighted by molar-refractivity contribution is 5.69. The summed E-state index contributed by atoms with van der Waals surface area (Å²) in [5.74, 6) is 0.927. The predicted octanol–water partition coefficient (Wildman–Crippen LogP) is 2.53. The average Bonchev–Trinajstić information content (AvgIpc) is 2.55. The highest BCUT2D eigenvalue weighted by Gasteiger charge is 2.04. The fourth-order valence-electron chi connectivity index (χ4n) is 1.90. The lowest BCUT2D eigenvalue weighted by molar-refractivity contribution is 0.736. The lowest BCUT2D eigenvalue weighted by Crippen LogP contribution is -2.31. The molecule has 4 heteroatoms. The Morgan fingerprint density at radius 3 is 2.81 bits per heavy atom. The lowest BCUT2D eigenvalue weighted by atomic mass is 10.2. The average molecular weight is 280 g/mol. The summed E-state index contributed by atoms with van der Waals surface area (Å²) in [6, 6.07) is 10.3. The fourth-order valence-corrected chi connectivity index (χ4v) is 1.90. The van der Waals surface area contributed by atoms with E-state index in [2.05, 4.69) is 47.0 Å². The number of nitrogens with zero attached hydrogens (tertiary/aromatic N) is 3. The van der Waals surface area contributed by atoms with Crippen LogP contribution < -0.4 is 10.8 Å². The lowest BCUT2D eigenvalue weighted by Gasteiger charge is -2.17. The first-order chi connectivity index (χ1) is 10.2. The van der Waals surface area contributed by atoms with Crippen molar-refractivity contribution in [2.45, 2.75) is 13.0 Å². The molecule has 1 heterocycles. The van der Waals surface area contributed by atoms with Gasteiger partial charge in [0.25, 0.3) is 0 Å². The van der Waals surface area contributed by atoms with Gasteiger partial charge in [-0.2, -0.15) is 0 Å². The van der Waals surface area contributed by atoms with Crippen molar-refractivity contribution in [3.05, 3.63) is 72.6 Å². The van der Waals surface area contributed by atoms with Gasteiger partial charge in [-0.25, -0.2) is 0 Å². The molecule has 21 heavy (non-hydrogen) atoms. The van der Waals surface area contributed by atoms with Crippen molar-refractivity contribution in [3.63, 3.8) is 0 Å². The molecule has 1 atom stereocenters. The summed E-state index contributed by atoms with van der Waals surface area (Å²) in [5, 5.41) is 3.42. The van der Waals surface area contributed by atoms with Gasteiger partial charge in [0.05, 0.1) is 6.20 Å². The molecule has 2 rings (SSSR count). The second-order valence-corrected chi connectivity index (χ2v) is 4.64. The van der Waals surface area contributed by atoms with E-state index in [9.17, 15) is 0 Å². The van der Waals surface area contributed by atoms with Crippen molar-refractivity contribution in [1.29, 1.82) is 0 Å². The molecular formula is C17H20N4. The highest BCUT2D eigenvalue weighted by atomic mass is 15.2. The Kier molecular flexibility index (Phi) is 5.10. The van der Waals surface area contributed by atoms with E-state index < -0.39 is 0 Å². The second kappa shape index (κ2) is 7.24. The zero-order valence-corrected chi connectivity index (χ0v) is 12.4. The van der Waals surface area contributed by atoms with Crippen LogP contribution in [0.2, 0.25) is 0 Å². The van der Waals surface area contributed by atoms with Crippen LogP contribution in [0, 0.1) is 0 Å². The minimum Gasteiger partial charge on any atom is -0.365 e. The van der Waals surface area contributed by atoms with Crippen molar-refractivity contribution in [3.8, 4) is 0 Å². The molecule has 1 aromatic heterocycles. The number of hydrogen-bond donors (Lipinski definition) is 1. The van der Waals surface area contributed by atoms with Crippen molar-refractivity contribution >= 4 is 11.9 Å². The molecule has 1 aromatic carbocycles. The van der Waals surface area contributed by atoms with Gasteiger partial charge in [-0.3, -0.25) is 14.5 Å². The summed E-state index contributed by atoms with van der Waals surface area (Å²) in [6.07, 6.45) is 9.31. The van der Waals surface area contributed by atoms with E-state index in [4.69, 9.17) is 0 Å². The van der Waals surface area contributed by atoms with Gasteiger partial charge in [-0.05, 0) is 18.6 Å². The molecule has 1 unspecified atom stereocenters. The van der Waals surface area contributed by atoms with Gasteiger partial charge in [-0.1, -0.05) is 36.4 Å². The largest absolute Gasteiger partial charge is 0.365 e. The Labute approximate surface area is 125 Å². The molecule has 0 radical (unpaired) electrons. The zero-order chi connectivity index (χ0) is 15.1. The summed E-state index contributed by atoms with van der Waals surface area (Å²) in [5.41, 5.74) is 1.89. The van der Waals surface area contributed by atoms with Gasteiger partial charge < -0.3 is 5.32 Å². The van der Waals surface area contributed by atoms with Gasteiger partial charge in [0, 0.05) is 25.5 Å². The van der Waals surface area contributed by atoms with E-state index in [-0.39, 0.29) is 6.04 Å². The van der Waals surface area contributed by atoms with E-state index in [1.807, 2.05) is 35.0 Å². The van der Waals surface area contributed by atoms with Gasteiger partial charge in [0.1, 0.15) is 5.82 Å². The maximum absolute atomic E-state index is 4.26. The molecule has 108 valence electrons. The Morgan fingerprint density at radius 2 is 2.14 bits per heavy atom. The molecular weight excluding hydrogens is 260 g/mol. The molecule has 1 N–H and O–H groups in total. The SMILES string of the molecule is C=CC(C)N/C(=C\c1ccccc1)n1ccncc1=NC.